The standard InChI is InChI=1S/C26H20/c1-3-7-21(8-4-1)11-13-23-15-17-25-18-16-24(20-26(25)19-23)14-12-22-9-5-2-6-10-22/h1-20H/b13-11-,14-12-. The molecule has 4 aromatic carbocycles. The zero-order valence-electron chi connectivity index (χ0n) is 14.5. The quantitative estimate of drug-likeness (QED) is 0.347. The SMILES string of the molecule is C(=C/c1ccc2ccc(/C=C\c3ccccc3)cc2c1)/c1ccccc1. The van der Waals surface area contributed by atoms with E-state index in [4.69, 9.17) is 0 Å². The topological polar surface area (TPSA) is 0 Å². The second kappa shape index (κ2) is 7.67. The summed E-state index contributed by atoms with van der Waals surface area (Å²) in [6.07, 6.45) is 8.64. The van der Waals surface area contributed by atoms with Crippen molar-refractivity contribution in [3.05, 3.63) is 119 Å². The lowest BCUT2D eigenvalue weighted by atomic mass is 10.0. The van der Waals surface area contributed by atoms with Crippen LogP contribution in [0.15, 0.2) is 97.1 Å². The summed E-state index contributed by atoms with van der Waals surface area (Å²) in [4.78, 5) is 0. The van der Waals surface area contributed by atoms with E-state index in [1.54, 1.807) is 0 Å². The van der Waals surface area contributed by atoms with Crippen LogP contribution in [-0.2, 0) is 0 Å². The van der Waals surface area contributed by atoms with Gasteiger partial charge < -0.3 is 0 Å². The molecule has 124 valence electrons. The number of hydrogen-bond acceptors (Lipinski definition) is 0. The zero-order valence-corrected chi connectivity index (χ0v) is 14.5. The minimum absolute atomic E-state index is 1.21. The molecule has 0 spiro atoms. The Morgan fingerprint density at radius 1 is 0.346 bits per heavy atom. The van der Waals surface area contributed by atoms with Gasteiger partial charge in [-0.3, -0.25) is 0 Å². The van der Waals surface area contributed by atoms with E-state index in [-0.39, 0.29) is 0 Å². The Hall–Kier alpha value is -3.38. The summed E-state index contributed by atoms with van der Waals surface area (Å²) in [6.45, 7) is 0. The van der Waals surface area contributed by atoms with Gasteiger partial charge in [0.25, 0.3) is 0 Å². The minimum Gasteiger partial charge on any atom is -0.0622 e. The van der Waals surface area contributed by atoms with Gasteiger partial charge in [0, 0.05) is 0 Å². The van der Waals surface area contributed by atoms with Gasteiger partial charge in [-0.05, 0) is 45.2 Å². The summed E-state index contributed by atoms with van der Waals surface area (Å²) in [5.74, 6) is 0. The number of rotatable bonds is 4. The molecule has 0 bridgehead atoms. The summed E-state index contributed by atoms with van der Waals surface area (Å²) in [5, 5.41) is 2.52. The molecule has 26 heavy (non-hydrogen) atoms. The van der Waals surface area contributed by atoms with Crippen LogP contribution in [-0.4, -0.2) is 0 Å². The third-order valence-corrected chi connectivity index (χ3v) is 4.42. The molecule has 0 N–H and O–H groups in total. The molecule has 4 rings (SSSR count). The lowest BCUT2D eigenvalue weighted by Gasteiger charge is -2.02. The largest absolute Gasteiger partial charge is 0.0622 e. The van der Waals surface area contributed by atoms with E-state index in [0.29, 0.717) is 0 Å². The smallest absolute Gasteiger partial charge is 0.0172 e. The molecule has 0 radical (unpaired) electrons. The molecular weight excluding hydrogens is 312 g/mol. The second-order valence-corrected chi connectivity index (χ2v) is 6.35. The molecule has 0 aliphatic carbocycles. The highest BCUT2D eigenvalue weighted by Crippen LogP contribution is 2.21. The van der Waals surface area contributed by atoms with E-state index < -0.39 is 0 Å². The number of fused-ring (bicyclic) bond motifs is 1. The third-order valence-electron chi connectivity index (χ3n) is 4.42. The molecule has 0 saturated heterocycles. The molecule has 0 unspecified atom stereocenters. The first-order valence-corrected chi connectivity index (χ1v) is 8.87. The Balaban J connectivity index is 1.60. The van der Waals surface area contributed by atoms with Gasteiger partial charge in [0.1, 0.15) is 0 Å². The molecule has 0 heteroatoms. The molecule has 0 aliphatic heterocycles. The number of hydrogen-bond donors (Lipinski definition) is 0. The van der Waals surface area contributed by atoms with Gasteiger partial charge in [0.15, 0.2) is 0 Å². The highest BCUT2D eigenvalue weighted by molar-refractivity contribution is 5.88. The van der Waals surface area contributed by atoms with Crippen LogP contribution in [0, 0.1) is 0 Å². The average molecular weight is 332 g/mol. The van der Waals surface area contributed by atoms with Crippen molar-refractivity contribution in [2.75, 3.05) is 0 Å². The molecule has 0 amide bonds. The van der Waals surface area contributed by atoms with Crippen LogP contribution in [0.1, 0.15) is 22.3 Å². The van der Waals surface area contributed by atoms with Gasteiger partial charge in [-0.1, -0.05) is 109 Å². The van der Waals surface area contributed by atoms with E-state index in [9.17, 15) is 0 Å². The summed E-state index contributed by atoms with van der Waals surface area (Å²) in [6, 6.07) is 34.0. The van der Waals surface area contributed by atoms with Crippen molar-refractivity contribution in [3.63, 3.8) is 0 Å². The van der Waals surface area contributed by atoms with E-state index in [2.05, 4.69) is 109 Å². The van der Waals surface area contributed by atoms with Gasteiger partial charge in [-0.15, -0.1) is 0 Å². The van der Waals surface area contributed by atoms with Gasteiger partial charge in [0.05, 0.1) is 0 Å². The maximum Gasteiger partial charge on any atom is -0.0172 e. The molecule has 0 fully saturated rings. The lowest BCUT2D eigenvalue weighted by molar-refractivity contribution is 1.65. The van der Waals surface area contributed by atoms with Crippen LogP contribution < -0.4 is 0 Å². The fraction of sp³-hybridized carbons (Fsp3) is 0. The number of benzene rings is 4. The van der Waals surface area contributed by atoms with Crippen molar-refractivity contribution in [1.82, 2.24) is 0 Å². The Morgan fingerprint density at radius 2 is 0.769 bits per heavy atom. The summed E-state index contributed by atoms with van der Waals surface area (Å²) < 4.78 is 0. The minimum atomic E-state index is 1.21. The Bertz CT molecular complexity index is 971. The summed E-state index contributed by atoms with van der Waals surface area (Å²) in [7, 11) is 0. The Labute approximate surface area is 154 Å². The summed E-state index contributed by atoms with van der Waals surface area (Å²) in [5.41, 5.74) is 4.86. The van der Waals surface area contributed by atoms with Gasteiger partial charge in [0.2, 0.25) is 0 Å². The molecular formula is C26H20. The molecule has 0 saturated carbocycles. The van der Waals surface area contributed by atoms with E-state index in [1.165, 1.54) is 33.0 Å². The first kappa shape index (κ1) is 16.1. The zero-order chi connectivity index (χ0) is 17.6. The van der Waals surface area contributed by atoms with Crippen molar-refractivity contribution < 1.29 is 0 Å². The average Bonchev–Trinajstić information content (AvgIpc) is 2.72. The molecule has 0 aliphatic rings. The fourth-order valence-electron chi connectivity index (χ4n) is 3.00. The Kier molecular flexibility index (Phi) is 4.75. The second-order valence-electron chi connectivity index (χ2n) is 6.35. The van der Waals surface area contributed by atoms with Crippen molar-refractivity contribution >= 4 is 35.1 Å². The van der Waals surface area contributed by atoms with Crippen LogP contribution in [0.3, 0.4) is 0 Å². The van der Waals surface area contributed by atoms with Gasteiger partial charge in [-0.25, -0.2) is 0 Å². The molecule has 0 nitrogen and oxygen atoms in total. The Morgan fingerprint density at radius 3 is 1.23 bits per heavy atom. The van der Waals surface area contributed by atoms with Crippen LogP contribution in [0.5, 0.6) is 0 Å². The van der Waals surface area contributed by atoms with Crippen molar-refractivity contribution in [1.29, 1.82) is 0 Å². The monoisotopic (exact) mass is 332 g/mol. The highest BCUT2D eigenvalue weighted by atomic mass is 14.0. The highest BCUT2D eigenvalue weighted by Gasteiger charge is 1.96. The van der Waals surface area contributed by atoms with Gasteiger partial charge >= 0.3 is 0 Å². The molecule has 4 aromatic rings. The van der Waals surface area contributed by atoms with Crippen molar-refractivity contribution in [2.45, 2.75) is 0 Å². The first-order valence-electron chi connectivity index (χ1n) is 8.87. The fourth-order valence-corrected chi connectivity index (χ4v) is 3.00. The lowest BCUT2D eigenvalue weighted by Crippen LogP contribution is -1.79. The predicted molar refractivity (Wildman–Crippen MR) is 115 cm³/mol. The maximum absolute atomic E-state index is 2.24. The van der Waals surface area contributed by atoms with Crippen molar-refractivity contribution in [2.24, 2.45) is 0 Å². The van der Waals surface area contributed by atoms with Crippen LogP contribution >= 0.6 is 0 Å². The summed E-state index contributed by atoms with van der Waals surface area (Å²) >= 11 is 0. The van der Waals surface area contributed by atoms with Gasteiger partial charge in [-0.2, -0.15) is 0 Å². The van der Waals surface area contributed by atoms with Crippen LogP contribution in [0.25, 0.3) is 35.1 Å². The first-order chi connectivity index (χ1) is 12.9. The van der Waals surface area contributed by atoms with Crippen molar-refractivity contribution in [3.8, 4) is 0 Å². The molecule has 0 atom stereocenters. The third kappa shape index (κ3) is 3.99. The molecule has 0 heterocycles. The predicted octanol–water partition coefficient (Wildman–Crippen LogP) is 7.18. The van der Waals surface area contributed by atoms with E-state index in [1.807, 2.05) is 12.1 Å². The van der Waals surface area contributed by atoms with E-state index in [0.717, 1.165) is 0 Å². The van der Waals surface area contributed by atoms with Crippen LogP contribution in [0.2, 0.25) is 0 Å². The normalized spacial score (nSPS) is 11.5. The maximum atomic E-state index is 2.24. The van der Waals surface area contributed by atoms with Crippen LogP contribution in [0.4, 0.5) is 0 Å². The molecule has 0 aromatic heterocycles. The van der Waals surface area contributed by atoms with E-state index >= 15 is 0 Å².